The highest BCUT2D eigenvalue weighted by Gasteiger charge is 2.27. The number of rotatable bonds is 6. The molecule has 0 aliphatic heterocycles. The largest absolute Gasteiger partial charge is 0.370 e. The van der Waals surface area contributed by atoms with E-state index in [9.17, 15) is 0 Å². The molecule has 2 aromatic heterocycles. The van der Waals surface area contributed by atoms with Gasteiger partial charge in [0.05, 0.1) is 12.2 Å². The fourth-order valence-electron chi connectivity index (χ4n) is 2.03. The highest BCUT2D eigenvalue weighted by molar-refractivity contribution is 5.48. The van der Waals surface area contributed by atoms with Gasteiger partial charge >= 0.3 is 0 Å². The molecule has 0 amide bonds. The normalized spacial score (nSPS) is 14.3. The quantitative estimate of drug-likeness (QED) is 0.842. The van der Waals surface area contributed by atoms with Crippen LogP contribution in [0.3, 0.4) is 0 Å². The first-order valence-electron chi connectivity index (χ1n) is 7.03. The molecule has 0 radical (unpaired) electrons. The van der Waals surface area contributed by atoms with E-state index in [1.165, 1.54) is 12.8 Å². The second-order valence-corrected chi connectivity index (χ2v) is 5.09. The highest BCUT2D eigenvalue weighted by Crippen LogP contribution is 2.38. The molecule has 1 aliphatic rings. The summed E-state index contributed by atoms with van der Waals surface area (Å²) < 4.78 is 5.18. The van der Waals surface area contributed by atoms with Crippen molar-refractivity contribution in [2.45, 2.75) is 39.2 Å². The van der Waals surface area contributed by atoms with Crippen molar-refractivity contribution in [2.75, 3.05) is 17.2 Å². The van der Waals surface area contributed by atoms with E-state index in [0.717, 1.165) is 35.5 Å². The molecule has 3 rings (SSSR count). The van der Waals surface area contributed by atoms with Gasteiger partial charge in [-0.1, -0.05) is 5.16 Å². The van der Waals surface area contributed by atoms with Crippen molar-refractivity contribution in [3.8, 4) is 0 Å². The van der Waals surface area contributed by atoms with E-state index in [-0.39, 0.29) is 0 Å². The summed E-state index contributed by atoms with van der Waals surface area (Å²) in [4.78, 5) is 9.12. The molecular formula is C14H19N5O. The van der Waals surface area contributed by atoms with E-state index < -0.39 is 0 Å². The molecule has 2 N–H and O–H groups in total. The third kappa shape index (κ3) is 3.07. The number of nitrogens with zero attached hydrogens (tertiary/aromatic N) is 3. The molecule has 106 valence electrons. The van der Waals surface area contributed by atoms with Crippen LogP contribution in [0, 0.1) is 6.92 Å². The van der Waals surface area contributed by atoms with Crippen molar-refractivity contribution in [3.05, 3.63) is 29.4 Å². The van der Waals surface area contributed by atoms with Gasteiger partial charge in [0.1, 0.15) is 17.5 Å². The van der Waals surface area contributed by atoms with Crippen LogP contribution in [0.4, 0.5) is 11.6 Å². The second kappa shape index (κ2) is 5.48. The molecule has 0 unspecified atom stereocenters. The summed E-state index contributed by atoms with van der Waals surface area (Å²) >= 11 is 0. The molecule has 1 fully saturated rings. The minimum absolute atomic E-state index is 0.529. The molecule has 6 heteroatoms. The summed E-state index contributed by atoms with van der Waals surface area (Å²) in [5.41, 5.74) is 0.886. The fraction of sp³-hybridized carbons (Fsp3) is 0.500. The van der Waals surface area contributed by atoms with Crippen molar-refractivity contribution in [1.82, 2.24) is 15.1 Å². The Labute approximate surface area is 118 Å². The lowest BCUT2D eigenvalue weighted by atomic mass is 10.3. The van der Waals surface area contributed by atoms with E-state index in [4.69, 9.17) is 4.52 Å². The first-order valence-corrected chi connectivity index (χ1v) is 7.03. The second-order valence-electron chi connectivity index (χ2n) is 5.09. The Morgan fingerprint density at radius 3 is 2.55 bits per heavy atom. The van der Waals surface area contributed by atoms with Crippen LogP contribution >= 0.6 is 0 Å². The van der Waals surface area contributed by atoms with E-state index in [1.54, 1.807) is 0 Å². The van der Waals surface area contributed by atoms with Crippen molar-refractivity contribution in [1.29, 1.82) is 0 Å². The Bertz CT molecular complexity index is 591. The first kappa shape index (κ1) is 12.9. The van der Waals surface area contributed by atoms with Crippen LogP contribution in [-0.2, 0) is 6.54 Å². The molecule has 0 atom stereocenters. The number of anilines is 2. The molecule has 0 bridgehead atoms. The van der Waals surface area contributed by atoms with Crippen LogP contribution in [0.15, 0.2) is 16.7 Å². The maximum atomic E-state index is 5.18. The molecule has 1 aliphatic carbocycles. The van der Waals surface area contributed by atoms with Crippen LogP contribution < -0.4 is 10.6 Å². The van der Waals surface area contributed by atoms with E-state index in [0.29, 0.717) is 12.5 Å². The summed E-state index contributed by atoms with van der Waals surface area (Å²) in [5.74, 6) is 3.97. The van der Waals surface area contributed by atoms with Crippen molar-refractivity contribution in [3.63, 3.8) is 0 Å². The van der Waals surface area contributed by atoms with Crippen molar-refractivity contribution < 1.29 is 4.52 Å². The van der Waals surface area contributed by atoms with Gasteiger partial charge in [0.15, 0.2) is 5.76 Å². The molecule has 0 saturated heterocycles. The van der Waals surface area contributed by atoms with E-state index in [1.807, 2.05) is 19.1 Å². The van der Waals surface area contributed by atoms with Gasteiger partial charge in [0.25, 0.3) is 0 Å². The van der Waals surface area contributed by atoms with Crippen LogP contribution in [0.25, 0.3) is 0 Å². The van der Waals surface area contributed by atoms with Crippen LogP contribution in [-0.4, -0.2) is 21.7 Å². The van der Waals surface area contributed by atoms with Crippen LogP contribution in [0.2, 0.25) is 0 Å². The van der Waals surface area contributed by atoms with Gasteiger partial charge in [-0.2, -0.15) is 0 Å². The Kier molecular flexibility index (Phi) is 3.54. The standard InChI is InChI=1S/C14H19N5O/c1-3-15-12-7-13(18-14(17-12)10-4-5-10)16-8-11-6-9(2)19-20-11/h6-7,10H,3-5,8H2,1-2H3,(H2,15,16,17,18). The Balaban J connectivity index is 1.73. The summed E-state index contributed by atoms with van der Waals surface area (Å²) in [6.45, 7) is 5.39. The fourth-order valence-corrected chi connectivity index (χ4v) is 2.03. The van der Waals surface area contributed by atoms with Gasteiger partial charge in [-0.05, 0) is 26.7 Å². The Morgan fingerprint density at radius 2 is 1.95 bits per heavy atom. The Morgan fingerprint density at radius 1 is 1.20 bits per heavy atom. The third-order valence-electron chi connectivity index (χ3n) is 3.16. The zero-order chi connectivity index (χ0) is 13.9. The lowest BCUT2D eigenvalue weighted by Crippen LogP contribution is -2.07. The van der Waals surface area contributed by atoms with E-state index in [2.05, 4.69) is 32.7 Å². The monoisotopic (exact) mass is 273 g/mol. The number of nitrogens with one attached hydrogen (secondary N) is 2. The highest BCUT2D eigenvalue weighted by atomic mass is 16.5. The number of aromatic nitrogens is 3. The van der Waals surface area contributed by atoms with Crippen molar-refractivity contribution in [2.24, 2.45) is 0 Å². The maximum Gasteiger partial charge on any atom is 0.156 e. The van der Waals surface area contributed by atoms with Crippen LogP contribution in [0.1, 0.15) is 43.0 Å². The predicted molar refractivity (Wildman–Crippen MR) is 76.7 cm³/mol. The average Bonchev–Trinajstić information content (AvgIpc) is 3.20. The lowest BCUT2D eigenvalue weighted by molar-refractivity contribution is 0.384. The Hall–Kier alpha value is -2.11. The first-order chi connectivity index (χ1) is 9.74. The summed E-state index contributed by atoms with van der Waals surface area (Å²) in [5, 5.41) is 10.4. The summed E-state index contributed by atoms with van der Waals surface area (Å²) in [6, 6.07) is 3.85. The molecule has 2 heterocycles. The molecule has 20 heavy (non-hydrogen) atoms. The van der Waals surface area contributed by atoms with Gasteiger partial charge in [-0.15, -0.1) is 0 Å². The predicted octanol–water partition coefficient (Wildman–Crippen LogP) is 2.69. The van der Waals surface area contributed by atoms with E-state index >= 15 is 0 Å². The molecule has 6 nitrogen and oxygen atoms in total. The molecule has 0 aromatic carbocycles. The van der Waals surface area contributed by atoms with Crippen molar-refractivity contribution >= 4 is 11.6 Å². The lowest BCUT2D eigenvalue weighted by Gasteiger charge is -2.09. The zero-order valence-corrected chi connectivity index (χ0v) is 11.8. The number of hydrogen-bond acceptors (Lipinski definition) is 6. The maximum absolute atomic E-state index is 5.18. The topological polar surface area (TPSA) is 75.9 Å². The zero-order valence-electron chi connectivity index (χ0n) is 11.8. The van der Waals surface area contributed by atoms with Gasteiger partial charge in [0.2, 0.25) is 0 Å². The number of hydrogen-bond donors (Lipinski definition) is 2. The van der Waals surface area contributed by atoms with Gasteiger partial charge < -0.3 is 15.2 Å². The van der Waals surface area contributed by atoms with Gasteiger partial charge in [-0.25, -0.2) is 9.97 Å². The van der Waals surface area contributed by atoms with Gasteiger partial charge in [0, 0.05) is 24.6 Å². The molecule has 1 saturated carbocycles. The third-order valence-corrected chi connectivity index (χ3v) is 3.16. The summed E-state index contributed by atoms with van der Waals surface area (Å²) in [7, 11) is 0. The molecule has 2 aromatic rings. The minimum Gasteiger partial charge on any atom is -0.370 e. The minimum atomic E-state index is 0.529. The van der Waals surface area contributed by atoms with Gasteiger partial charge in [-0.3, -0.25) is 0 Å². The summed E-state index contributed by atoms with van der Waals surface area (Å²) in [6.07, 6.45) is 2.38. The molecule has 0 spiro atoms. The average molecular weight is 273 g/mol. The molecular weight excluding hydrogens is 254 g/mol. The smallest absolute Gasteiger partial charge is 0.156 e. The van der Waals surface area contributed by atoms with Crippen LogP contribution in [0.5, 0.6) is 0 Å². The SMILES string of the molecule is CCNc1cc(NCc2cc(C)no2)nc(C2CC2)n1. The number of aryl methyl sites for hydroxylation is 1.